The second-order valence-corrected chi connectivity index (χ2v) is 11.9. The van der Waals surface area contributed by atoms with Crippen LogP contribution in [0.2, 0.25) is 0 Å². The summed E-state index contributed by atoms with van der Waals surface area (Å²) in [7, 11) is 0. The fourth-order valence-electron chi connectivity index (χ4n) is 6.35. The Kier molecular flexibility index (Phi) is 6.02. The number of fused-ring (bicyclic) bond motifs is 3. The molecule has 3 saturated heterocycles. The van der Waals surface area contributed by atoms with E-state index < -0.39 is 40.6 Å². The first-order valence-corrected chi connectivity index (χ1v) is 14.1. The van der Waals surface area contributed by atoms with Gasteiger partial charge in [-0.05, 0) is 44.0 Å². The minimum absolute atomic E-state index is 0.0676. The highest BCUT2D eigenvalue weighted by Gasteiger charge is 2.49. The maximum Gasteiger partial charge on any atom is 0.417 e. The molecule has 0 aliphatic carbocycles. The Hall–Kier alpha value is -3.39. The van der Waals surface area contributed by atoms with Crippen molar-refractivity contribution in [2.75, 3.05) is 43.4 Å². The average Bonchev–Trinajstić information content (AvgIpc) is 3.54. The van der Waals surface area contributed by atoms with E-state index in [2.05, 4.69) is 15.0 Å². The van der Waals surface area contributed by atoms with Gasteiger partial charge in [-0.2, -0.15) is 23.1 Å². The fourth-order valence-corrected chi connectivity index (χ4v) is 7.12. The molecule has 2 aromatic carbocycles. The minimum Gasteiger partial charge on any atom is -0.461 e. The predicted molar refractivity (Wildman–Crippen MR) is 143 cm³/mol. The molecule has 3 aliphatic heterocycles. The number of thiazole rings is 1. The Morgan fingerprint density at radius 1 is 1.07 bits per heavy atom. The molecule has 0 amide bonds. The molecular formula is C27H24F6N6OS. The number of benzene rings is 2. The molecule has 2 aromatic heterocycles. The van der Waals surface area contributed by atoms with E-state index in [1.165, 1.54) is 0 Å². The quantitative estimate of drug-likeness (QED) is 0.286. The normalized spacial score (nSPS) is 23.0. The van der Waals surface area contributed by atoms with Crippen molar-refractivity contribution in [1.29, 1.82) is 0 Å². The van der Waals surface area contributed by atoms with Crippen molar-refractivity contribution in [3.05, 3.63) is 35.4 Å². The van der Waals surface area contributed by atoms with Gasteiger partial charge in [-0.1, -0.05) is 11.3 Å². The number of nitrogens with zero attached hydrogens (tertiary/aromatic N) is 5. The summed E-state index contributed by atoms with van der Waals surface area (Å²) in [5.74, 6) is -1.85. The minimum atomic E-state index is -4.97. The molecule has 216 valence electrons. The molecule has 3 aliphatic rings. The fraction of sp³-hybridized carbons (Fsp3) is 0.444. The third-order valence-electron chi connectivity index (χ3n) is 8.36. The van der Waals surface area contributed by atoms with Crippen LogP contribution in [0, 0.1) is 11.6 Å². The number of hydrogen-bond donors (Lipinski definition) is 1. The molecular weight excluding hydrogens is 570 g/mol. The van der Waals surface area contributed by atoms with Gasteiger partial charge in [0.15, 0.2) is 10.9 Å². The lowest BCUT2D eigenvalue weighted by atomic mass is 9.94. The maximum atomic E-state index is 16.5. The highest BCUT2D eigenvalue weighted by atomic mass is 32.1. The Balaban J connectivity index is 1.41. The van der Waals surface area contributed by atoms with Gasteiger partial charge in [0, 0.05) is 42.6 Å². The number of nitrogens with two attached hydrogens (primary N) is 1. The number of nitrogen functional groups attached to an aromatic ring is 1. The van der Waals surface area contributed by atoms with Crippen molar-refractivity contribution in [3.8, 4) is 17.1 Å². The van der Waals surface area contributed by atoms with Crippen LogP contribution in [0.1, 0.15) is 31.2 Å². The van der Waals surface area contributed by atoms with Crippen molar-refractivity contribution in [1.82, 2.24) is 19.9 Å². The van der Waals surface area contributed by atoms with Crippen LogP contribution in [0.5, 0.6) is 6.01 Å². The van der Waals surface area contributed by atoms with Gasteiger partial charge in [-0.25, -0.2) is 18.2 Å². The van der Waals surface area contributed by atoms with Gasteiger partial charge in [-0.15, -0.1) is 0 Å². The van der Waals surface area contributed by atoms with Crippen LogP contribution in [0.25, 0.3) is 32.2 Å². The highest BCUT2D eigenvalue weighted by Crippen LogP contribution is 2.46. The summed E-state index contributed by atoms with van der Waals surface area (Å²) in [6, 6.07) is 2.66. The molecule has 0 bridgehead atoms. The van der Waals surface area contributed by atoms with Crippen LogP contribution < -0.4 is 15.4 Å². The summed E-state index contributed by atoms with van der Waals surface area (Å²) in [5.41, 5.74) is 2.35. The Morgan fingerprint density at radius 3 is 2.61 bits per heavy atom. The van der Waals surface area contributed by atoms with E-state index in [1.54, 1.807) is 4.90 Å². The topological polar surface area (TPSA) is 80.4 Å². The molecule has 2 atom stereocenters. The predicted octanol–water partition coefficient (Wildman–Crippen LogP) is 5.95. The number of ether oxygens (including phenoxy) is 1. The third kappa shape index (κ3) is 4.25. The molecule has 41 heavy (non-hydrogen) atoms. The lowest BCUT2D eigenvalue weighted by Crippen LogP contribution is -2.43. The molecule has 0 unspecified atom stereocenters. The number of aromatic nitrogens is 3. The SMILES string of the molecule is Nc1nc2c(-c3c(C(F)(F)F)cc4c(N5CCC5)nc(OC[C@@]56CCCN5C[C@H](F)C6)nc4c3F)ccc(F)c2s1. The van der Waals surface area contributed by atoms with E-state index in [0.29, 0.717) is 26.1 Å². The number of hydrogen-bond acceptors (Lipinski definition) is 8. The summed E-state index contributed by atoms with van der Waals surface area (Å²) in [6.07, 6.45) is -3.25. The Bertz CT molecular complexity index is 1690. The largest absolute Gasteiger partial charge is 0.461 e. The molecule has 2 N–H and O–H groups in total. The summed E-state index contributed by atoms with van der Waals surface area (Å²) in [5, 5.41) is -0.186. The monoisotopic (exact) mass is 594 g/mol. The maximum absolute atomic E-state index is 16.5. The molecule has 0 radical (unpaired) electrons. The Labute approximate surface area is 233 Å². The van der Waals surface area contributed by atoms with Crippen molar-refractivity contribution < 1.29 is 31.1 Å². The smallest absolute Gasteiger partial charge is 0.417 e. The van der Waals surface area contributed by atoms with Gasteiger partial charge >= 0.3 is 12.2 Å². The molecule has 0 spiro atoms. The van der Waals surface area contributed by atoms with E-state index in [4.69, 9.17) is 10.5 Å². The molecule has 3 fully saturated rings. The molecule has 14 heteroatoms. The van der Waals surface area contributed by atoms with Crippen LogP contribution in [0.3, 0.4) is 0 Å². The van der Waals surface area contributed by atoms with Crippen LogP contribution in [-0.2, 0) is 6.18 Å². The first-order chi connectivity index (χ1) is 19.5. The van der Waals surface area contributed by atoms with Gasteiger partial charge in [0.05, 0.1) is 21.3 Å². The van der Waals surface area contributed by atoms with Crippen molar-refractivity contribution in [3.63, 3.8) is 0 Å². The summed E-state index contributed by atoms with van der Waals surface area (Å²) in [6.45, 7) is 2.17. The van der Waals surface area contributed by atoms with E-state index in [0.717, 1.165) is 55.3 Å². The zero-order valence-electron chi connectivity index (χ0n) is 21.6. The number of anilines is 2. The molecule has 7 rings (SSSR count). The first kappa shape index (κ1) is 26.5. The van der Waals surface area contributed by atoms with Crippen molar-refractivity contribution >= 4 is 43.4 Å². The zero-order chi connectivity index (χ0) is 28.7. The van der Waals surface area contributed by atoms with Crippen LogP contribution in [0.4, 0.5) is 37.3 Å². The van der Waals surface area contributed by atoms with Crippen LogP contribution >= 0.6 is 11.3 Å². The van der Waals surface area contributed by atoms with E-state index >= 15 is 4.39 Å². The molecule has 5 heterocycles. The highest BCUT2D eigenvalue weighted by molar-refractivity contribution is 7.22. The Morgan fingerprint density at radius 2 is 1.88 bits per heavy atom. The second-order valence-electron chi connectivity index (χ2n) is 10.9. The van der Waals surface area contributed by atoms with Gasteiger partial charge in [0.2, 0.25) is 0 Å². The average molecular weight is 595 g/mol. The second kappa shape index (κ2) is 9.31. The van der Waals surface area contributed by atoms with Crippen LogP contribution in [0.15, 0.2) is 18.2 Å². The lowest BCUT2D eigenvalue weighted by Gasteiger charge is -2.34. The third-order valence-corrected chi connectivity index (χ3v) is 9.26. The van der Waals surface area contributed by atoms with E-state index in [9.17, 15) is 22.0 Å². The van der Waals surface area contributed by atoms with Gasteiger partial charge < -0.3 is 15.4 Å². The zero-order valence-corrected chi connectivity index (χ0v) is 22.4. The number of alkyl halides is 4. The molecule has 4 aromatic rings. The first-order valence-electron chi connectivity index (χ1n) is 13.3. The van der Waals surface area contributed by atoms with Crippen molar-refractivity contribution in [2.24, 2.45) is 0 Å². The van der Waals surface area contributed by atoms with Crippen LogP contribution in [-0.4, -0.2) is 64.3 Å². The lowest BCUT2D eigenvalue weighted by molar-refractivity contribution is -0.137. The van der Waals surface area contributed by atoms with Crippen molar-refractivity contribution in [2.45, 2.75) is 43.6 Å². The summed E-state index contributed by atoms with van der Waals surface area (Å²) >= 11 is 0.760. The summed E-state index contributed by atoms with van der Waals surface area (Å²) < 4.78 is 94.6. The van der Waals surface area contributed by atoms with E-state index in [-0.39, 0.29) is 50.2 Å². The van der Waals surface area contributed by atoms with E-state index in [1.807, 2.05) is 4.90 Å². The molecule has 0 saturated carbocycles. The molecule has 7 nitrogen and oxygen atoms in total. The summed E-state index contributed by atoms with van der Waals surface area (Å²) in [4.78, 5) is 16.5. The van der Waals surface area contributed by atoms with Gasteiger partial charge in [-0.3, -0.25) is 4.90 Å². The number of halogens is 6. The van der Waals surface area contributed by atoms with Gasteiger partial charge in [0.1, 0.15) is 29.9 Å². The number of rotatable bonds is 5. The standard InChI is InChI=1S/C27H24F6N6OS/c28-13-10-26(5-1-8-39(26)11-13)12-40-25-36-20-15(23(37-25)38-6-2-7-38)9-16(27(31,32)33)18(19(20)30)14-3-4-17(29)22-21(14)35-24(34)41-22/h3-4,9,13H,1-2,5-8,10-12H2,(H2,34,35)/t13-,26+/m1/s1. The van der Waals surface area contributed by atoms with Gasteiger partial charge in [0.25, 0.3) is 0 Å².